The van der Waals surface area contributed by atoms with Crippen LogP contribution in [0.4, 0.5) is 18.9 Å². The topological polar surface area (TPSA) is 67.9 Å². The first kappa shape index (κ1) is 22.5. The number of hydrogen-bond acceptors (Lipinski definition) is 4. The molecule has 0 spiro atoms. The first-order chi connectivity index (χ1) is 14.7. The molecular formula is C22H23F3N2O4. The Hall–Kier alpha value is -3.23. The molecule has 0 unspecified atom stereocenters. The van der Waals surface area contributed by atoms with Gasteiger partial charge in [0.05, 0.1) is 25.7 Å². The van der Waals surface area contributed by atoms with E-state index in [9.17, 15) is 22.8 Å². The van der Waals surface area contributed by atoms with Crippen molar-refractivity contribution in [2.75, 3.05) is 32.6 Å². The zero-order valence-electron chi connectivity index (χ0n) is 17.2. The van der Waals surface area contributed by atoms with E-state index in [1.165, 1.54) is 31.3 Å². The van der Waals surface area contributed by atoms with Crippen molar-refractivity contribution < 1.29 is 32.2 Å². The summed E-state index contributed by atoms with van der Waals surface area (Å²) >= 11 is 0. The Kier molecular flexibility index (Phi) is 6.72. The van der Waals surface area contributed by atoms with Crippen molar-refractivity contribution in [2.24, 2.45) is 5.92 Å². The van der Waals surface area contributed by atoms with Gasteiger partial charge in [0, 0.05) is 30.4 Å². The monoisotopic (exact) mass is 436 g/mol. The van der Waals surface area contributed by atoms with Gasteiger partial charge in [-0.25, -0.2) is 0 Å². The van der Waals surface area contributed by atoms with Gasteiger partial charge >= 0.3 is 6.18 Å². The van der Waals surface area contributed by atoms with Crippen LogP contribution in [-0.4, -0.2) is 44.0 Å². The molecule has 1 fully saturated rings. The number of hydrogen-bond donors (Lipinski definition) is 1. The van der Waals surface area contributed by atoms with Crippen LogP contribution in [-0.2, 0) is 11.0 Å². The van der Waals surface area contributed by atoms with E-state index in [4.69, 9.17) is 9.47 Å². The van der Waals surface area contributed by atoms with Crippen LogP contribution in [0, 0.1) is 5.92 Å². The van der Waals surface area contributed by atoms with Crippen LogP contribution in [0.5, 0.6) is 11.5 Å². The van der Waals surface area contributed by atoms with Gasteiger partial charge in [0.2, 0.25) is 5.91 Å². The van der Waals surface area contributed by atoms with E-state index in [1.807, 2.05) is 0 Å². The van der Waals surface area contributed by atoms with Gasteiger partial charge in [-0.3, -0.25) is 9.59 Å². The van der Waals surface area contributed by atoms with Crippen molar-refractivity contribution in [1.82, 2.24) is 4.90 Å². The molecular weight excluding hydrogens is 413 g/mol. The Morgan fingerprint density at radius 1 is 1.06 bits per heavy atom. The number of nitrogens with one attached hydrogen (secondary N) is 1. The van der Waals surface area contributed by atoms with E-state index in [-0.39, 0.29) is 18.0 Å². The molecule has 31 heavy (non-hydrogen) atoms. The average Bonchev–Trinajstić information content (AvgIpc) is 2.78. The first-order valence-electron chi connectivity index (χ1n) is 9.72. The lowest BCUT2D eigenvalue weighted by Gasteiger charge is -2.32. The molecule has 0 saturated carbocycles. The summed E-state index contributed by atoms with van der Waals surface area (Å²) in [7, 11) is 3.00. The standard InChI is InChI=1S/C22H23F3N2O4/c1-30-18-9-8-17(12-19(18)31-2)26-20(28)15-6-4-10-27(13-15)21(29)14-5-3-7-16(11-14)22(23,24)25/h3,5,7-9,11-12,15H,4,6,10,13H2,1-2H3,(H,26,28)/t15-/m1/s1. The molecule has 9 heteroatoms. The van der Waals surface area contributed by atoms with Crippen molar-refractivity contribution in [1.29, 1.82) is 0 Å². The number of amides is 2. The molecule has 2 aromatic rings. The van der Waals surface area contributed by atoms with Gasteiger partial charge in [-0.1, -0.05) is 6.07 Å². The van der Waals surface area contributed by atoms with Crippen molar-refractivity contribution in [2.45, 2.75) is 19.0 Å². The van der Waals surface area contributed by atoms with E-state index in [1.54, 1.807) is 18.2 Å². The highest BCUT2D eigenvalue weighted by molar-refractivity contribution is 5.96. The van der Waals surface area contributed by atoms with Gasteiger partial charge in [-0.05, 0) is 43.2 Å². The second-order valence-corrected chi connectivity index (χ2v) is 7.23. The zero-order chi connectivity index (χ0) is 22.6. The number of carbonyl (C=O) groups is 2. The molecule has 1 aliphatic rings. The number of rotatable bonds is 5. The normalized spacial score (nSPS) is 16.5. The highest BCUT2D eigenvalue weighted by Crippen LogP contribution is 2.31. The Labute approximate surface area is 177 Å². The van der Waals surface area contributed by atoms with Gasteiger partial charge < -0.3 is 19.7 Å². The fourth-order valence-corrected chi connectivity index (χ4v) is 3.55. The molecule has 0 radical (unpaired) electrons. The number of piperidine rings is 1. The Balaban J connectivity index is 1.69. The van der Waals surface area contributed by atoms with E-state index < -0.39 is 23.6 Å². The molecule has 1 saturated heterocycles. The summed E-state index contributed by atoms with van der Waals surface area (Å²) in [5.41, 5.74) is -0.405. The van der Waals surface area contributed by atoms with Crippen molar-refractivity contribution >= 4 is 17.5 Å². The molecule has 2 amide bonds. The van der Waals surface area contributed by atoms with Crippen LogP contribution in [0.15, 0.2) is 42.5 Å². The second kappa shape index (κ2) is 9.28. The van der Waals surface area contributed by atoms with Crippen LogP contribution in [0.3, 0.4) is 0 Å². The van der Waals surface area contributed by atoms with Crippen LogP contribution in [0.1, 0.15) is 28.8 Å². The number of carbonyl (C=O) groups excluding carboxylic acids is 2. The zero-order valence-corrected chi connectivity index (χ0v) is 17.2. The highest BCUT2D eigenvalue weighted by Gasteiger charge is 2.33. The smallest absolute Gasteiger partial charge is 0.416 e. The van der Waals surface area contributed by atoms with Gasteiger partial charge in [0.15, 0.2) is 11.5 Å². The molecule has 1 N–H and O–H groups in total. The molecule has 2 aromatic carbocycles. The number of methoxy groups -OCH3 is 2. The maximum atomic E-state index is 13.0. The molecule has 0 aliphatic carbocycles. The summed E-state index contributed by atoms with van der Waals surface area (Å²) in [6.45, 7) is 0.517. The van der Waals surface area contributed by atoms with E-state index in [0.717, 1.165) is 12.1 Å². The molecule has 0 aromatic heterocycles. The predicted octanol–water partition coefficient (Wildman–Crippen LogP) is 4.21. The minimum absolute atomic E-state index is 0.0456. The number of likely N-dealkylation sites (tertiary alicyclic amines) is 1. The number of anilines is 1. The maximum absolute atomic E-state index is 13.0. The number of benzene rings is 2. The average molecular weight is 436 g/mol. The fraction of sp³-hybridized carbons (Fsp3) is 0.364. The fourth-order valence-electron chi connectivity index (χ4n) is 3.55. The van der Waals surface area contributed by atoms with Crippen molar-refractivity contribution in [3.63, 3.8) is 0 Å². The third kappa shape index (κ3) is 5.28. The lowest BCUT2D eigenvalue weighted by molar-refractivity contribution is -0.137. The summed E-state index contributed by atoms with van der Waals surface area (Å²) in [5.74, 6) is -0.276. The largest absolute Gasteiger partial charge is 0.493 e. The molecule has 3 rings (SSSR count). The van der Waals surface area contributed by atoms with Gasteiger partial charge in [-0.2, -0.15) is 13.2 Å². The molecule has 0 bridgehead atoms. The van der Waals surface area contributed by atoms with E-state index in [0.29, 0.717) is 36.6 Å². The number of alkyl halides is 3. The minimum Gasteiger partial charge on any atom is -0.493 e. The lowest BCUT2D eigenvalue weighted by Crippen LogP contribution is -2.43. The number of nitrogens with zero attached hydrogens (tertiary/aromatic N) is 1. The van der Waals surface area contributed by atoms with E-state index in [2.05, 4.69) is 5.32 Å². The summed E-state index contributed by atoms with van der Waals surface area (Å²) in [6.07, 6.45) is -3.37. The quantitative estimate of drug-likeness (QED) is 0.763. The molecule has 1 heterocycles. The molecule has 6 nitrogen and oxygen atoms in total. The summed E-state index contributed by atoms with van der Waals surface area (Å²) in [6, 6.07) is 9.30. The van der Waals surface area contributed by atoms with Gasteiger partial charge in [0.1, 0.15) is 0 Å². The second-order valence-electron chi connectivity index (χ2n) is 7.23. The Morgan fingerprint density at radius 3 is 2.48 bits per heavy atom. The molecule has 166 valence electrons. The SMILES string of the molecule is COc1ccc(NC(=O)[C@@H]2CCCN(C(=O)c3cccc(C(F)(F)F)c3)C2)cc1OC. The first-order valence-corrected chi connectivity index (χ1v) is 9.72. The summed E-state index contributed by atoms with van der Waals surface area (Å²) < 4.78 is 49.3. The van der Waals surface area contributed by atoms with Crippen molar-refractivity contribution in [3.05, 3.63) is 53.6 Å². The number of ether oxygens (including phenoxy) is 2. The number of halogens is 3. The summed E-state index contributed by atoms with van der Waals surface area (Å²) in [5, 5.41) is 2.80. The maximum Gasteiger partial charge on any atom is 0.416 e. The predicted molar refractivity (Wildman–Crippen MR) is 108 cm³/mol. The van der Waals surface area contributed by atoms with Crippen LogP contribution < -0.4 is 14.8 Å². The Bertz CT molecular complexity index is 962. The molecule has 1 atom stereocenters. The van der Waals surface area contributed by atoms with Gasteiger partial charge in [-0.15, -0.1) is 0 Å². The van der Waals surface area contributed by atoms with Crippen LogP contribution in [0.2, 0.25) is 0 Å². The van der Waals surface area contributed by atoms with Crippen LogP contribution >= 0.6 is 0 Å². The minimum atomic E-state index is -4.53. The summed E-state index contributed by atoms with van der Waals surface area (Å²) in [4.78, 5) is 26.9. The third-order valence-electron chi connectivity index (χ3n) is 5.17. The molecule has 1 aliphatic heterocycles. The van der Waals surface area contributed by atoms with Crippen molar-refractivity contribution in [3.8, 4) is 11.5 Å². The lowest BCUT2D eigenvalue weighted by atomic mass is 9.96. The van der Waals surface area contributed by atoms with Gasteiger partial charge in [0.25, 0.3) is 5.91 Å². The highest BCUT2D eigenvalue weighted by atomic mass is 19.4. The third-order valence-corrected chi connectivity index (χ3v) is 5.17. The van der Waals surface area contributed by atoms with E-state index >= 15 is 0 Å². The Morgan fingerprint density at radius 2 is 1.81 bits per heavy atom. The van der Waals surface area contributed by atoms with Crippen LogP contribution in [0.25, 0.3) is 0 Å².